The predicted octanol–water partition coefficient (Wildman–Crippen LogP) is 4.67. The molecule has 1 amide bonds. The molecule has 0 spiro atoms. The lowest BCUT2D eigenvalue weighted by molar-refractivity contribution is -0.127. The van der Waals surface area contributed by atoms with Gasteiger partial charge in [-0.3, -0.25) is 4.79 Å². The van der Waals surface area contributed by atoms with Crippen LogP contribution in [-0.2, 0) is 17.6 Å². The van der Waals surface area contributed by atoms with Crippen LogP contribution in [0.25, 0.3) is 0 Å². The summed E-state index contributed by atoms with van der Waals surface area (Å²) in [7, 11) is 0. The van der Waals surface area contributed by atoms with Crippen LogP contribution in [0.2, 0.25) is 0 Å². The molecule has 2 rings (SSSR count). The Balaban J connectivity index is 1.82. The highest BCUT2D eigenvalue weighted by Gasteiger charge is 2.17. The molecule has 1 aromatic rings. The number of benzene rings is 1. The number of aryl methyl sites for hydroxylation is 2. The summed E-state index contributed by atoms with van der Waals surface area (Å²) >= 11 is 0. The van der Waals surface area contributed by atoms with Gasteiger partial charge in [-0.2, -0.15) is 0 Å². The van der Waals surface area contributed by atoms with Gasteiger partial charge in [0, 0.05) is 6.54 Å². The number of carbonyl (C=O) groups is 1. The highest BCUT2D eigenvalue weighted by Crippen LogP contribution is 2.25. The smallest absolute Gasteiger partial charge is 0.260 e. The fraction of sp³-hybridized carbons (Fsp3) is 0.667. The standard InChI is InChI=1S/C21H33NO2/c1-4-6-9-17(5-2)15-22-21(23)16(3)24-20-13-12-18-10-7-8-11-19(18)14-20/h12-14,16-17H,4-11,15H2,1-3H3,(H,22,23). The van der Waals surface area contributed by atoms with Gasteiger partial charge in [0.25, 0.3) is 5.91 Å². The fourth-order valence-corrected chi connectivity index (χ4v) is 3.37. The lowest BCUT2D eigenvalue weighted by atomic mass is 9.92. The molecule has 0 saturated carbocycles. The minimum absolute atomic E-state index is 0.0114. The van der Waals surface area contributed by atoms with Crippen LogP contribution in [0.4, 0.5) is 0 Å². The number of fused-ring (bicyclic) bond motifs is 1. The molecule has 0 aromatic heterocycles. The average molecular weight is 332 g/mol. The van der Waals surface area contributed by atoms with Crippen molar-refractivity contribution in [2.24, 2.45) is 5.92 Å². The highest BCUT2D eigenvalue weighted by atomic mass is 16.5. The Morgan fingerprint density at radius 3 is 2.67 bits per heavy atom. The first-order chi connectivity index (χ1) is 11.6. The summed E-state index contributed by atoms with van der Waals surface area (Å²) in [6.07, 6.45) is 9.12. The van der Waals surface area contributed by atoms with Gasteiger partial charge in [0.1, 0.15) is 5.75 Å². The zero-order valence-electron chi connectivity index (χ0n) is 15.6. The van der Waals surface area contributed by atoms with Crippen LogP contribution >= 0.6 is 0 Å². The molecule has 0 heterocycles. The van der Waals surface area contributed by atoms with E-state index in [1.165, 1.54) is 49.7 Å². The molecule has 0 saturated heterocycles. The number of amides is 1. The lowest BCUT2D eigenvalue weighted by Crippen LogP contribution is -2.38. The van der Waals surface area contributed by atoms with E-state index in [9.17, 15) is 4.79 Å². The summed E-state index contributed by atoms with van der Waals surface area (Å²) in [5, 5.41) is 3.06. The maximum atomic E-state index is 12.3. The summed E-state index contributed by atoms with van der Waals surface area (Å²) < 4.78 is 5.88. The number of unbranched alkanes of at least 4 members (excludes halogenated alkanes) is 1. The molecule has 0 aliphatic heterocycles. The molecule has 2 unspecified atom stereocenters. The van der Waals surface area contributed by atoms with Crippen molar-refractivity contribution in [3.63, 3.8) is 0 Å². The van der Waals surface area contributed by atoms with Gasteiger partial charge >= 0.3 is 0 Å². The SMILES string of the molecule is CCCCC(CC)CNC(=O)C(C)Oc1ccc2c(c1)CCCC2. The van der Waals surface area contributed by atoms with Crippen LogP contribution < -0.4 is 10.1 Å². The molecular formula is C21H33NO2. The maximum Gasteiger partial charge on any atom is 0.260 e. The van der Waals surface area contributed by atoms with Crippen LogP contribution in [0.1, 0.15) is 70.4 Å². The Labute approximate surface area is 147 Å². The van der Waals surface area contributed by atoms with E-state index in [-0.39, 0.29) is 5.91 Å². The number of ether oxygens (including phenoxy) is 1. The van der Waals surface area contributed by atoms with Crippen molar-refractivity contribution in [2.45, 2.75) is 78.2 Å². The van der Waals surface area contributed by atoms with Gasteiger partial charge < -0.3 is 10.1 Å². The van der Waals surface area contributed by atoms with E-state index in [4.69, 9.17) is 4.74 Å². The number of rotatable bonds is 9. The molecule has 1 aliphatic rings. The highest BCUT2D eigenvalue weighted by molar-refractivity contribution is 5.80. The molecule has 0 fully saturated rings. The van der Waals surface area contributed by atoms with Gasteiger partial charge in [0.15, 0.2) is 6.10 Å². The van der Waals surface area contributed by atoms with Crippen molar-refractivity contribution < 1.29 is 9.53 Å². The lowest BCUT2D eigenvalue weighted by Gasteiger charge is -2.20. The van der Waals surface area contributed by atoms with E-state index < -0.39 is 6.10 Å². The zero-order chi connectivity index (χ0) is 17.4. The van der Waals surface area contributed by atoms with E-state index in [1.54, 1.807) is 0 Å². The normalized spacial score (nSPS) is 16.1. The molecule has 0 radical (unpaired) electrons. The Bertz CT molecular complexity index is 527. The predicted molar refractivity (Wildman–Crippen MR) is 99.5 cm³/mol. The van der Waals surface area contributed by atoms with E-state index in [2.05, 4.69) is 31.3 Å². The molecule has 3 nitrogen and oxygen atoms in total. The van der Waals surface area contributed by atoms with Gasteiger partial charge in [-0.05, 0) is 68.2 Å². The molecule has 1 aromatic carbocycles. The largest absolute Gasteiger partial charge is 0.481 e. The van der Waals surface area contributed by atoms with Crippen molar-refractivity contribution in [2.75, 3.05) is 6.54 Å². The quantitative estimate of drug-likeness (QED) is 0.714. The third-order valence-electron chi connectivity index (χ3n) is 5.11. The van der Waals surface area contributed by atoms with Crippen molar-refractivity contribution >= 4 is 5.91 Å². The van der Waals surface area contributed by atoms with Gasteiger partial charge in [0.05, 0.1) is 0 Å². The molecule has 1 aliphatic carbocycles. The van der Waals surface area contributed by atoms with E-state index in [0.717, 1.165) is 25.1 Å². The summed E-state index contributed by atoms with van der Waals surface area (Å²) in [5.74, 6) is 1.38. The number of hydrogen-bond acceptors (Lipinski definition) is 2. The van der Waals surface area contributed by atoms with Crippen LogP contribution in [0, 0.1) is 5.92 Å². The Morgan fingerprint density at radius 1 is 1.21 bits per heavy atom. The first-order valence-electron chi connectivity index (χ1n) is 9.70. The van der Waals surface area contributed by atoms with Crippen molar-refractivity contribution in [1.29, 1.82) is 0 Å². The first kappa shape index (κ1) is 18.8. The Kier molecular flexibility index (Phi) is 7.61. The first-order valence-corrected chi connectivity index (χ1v) is 9.70. The summed E-state index contributed by atoms with van der Waals surface area (Å²) in [6.45, 7) is 6.99. The summed E-state index contributed by atoms with van der Waals surface area (Å²) in [5.41, 5.74) is 2.82. The molecular weight excluding hydrogens is 298 g/mol. The minimum atomic E-state index is -0.449. The zero-order valence-corrected chi connectivity index (χ0v) is 15.6. The molecule has 24 heavy (non-hydrogen) atoms. The fourth-order valence-electron chi connectivity index (χ4n) is 3.37. The number of carbonyl (C=O) groups excluding carboxylic acids is 1. The van der Waals surface area contributed by atoms with E-state index in [0.29, 0.717) is 5.92 Å². The third kappa shape index (κ3) is 5.54. The third-order valence-corrected chi connectivity index (χ3v) is 5.11. The van der Waals surface area contributed by atoms with Crippen molar-refractivity contribution in [3.05, 3.63) is 29.3 Å². The van der Waals surface area contributed by atoms with Crippen LogP contribution in [0.3, 0.4) is 0 Å². The number of hydrogen-bond donors (Lipinski definition) is 1. The topological polar surface area (TPSA) is 38.3 Å². The van der Waals surface area contributed by atoms with E-state index >= 15 is 0 Å². The van der Waals surface area contributed by atoms with Crippen molar-refractivity contribution in [3.8, 4) is 5.75 Å². The van der Waals surface area contributed by atoms with Crippen LogP contribution in [0.5, 0.6) is 5.75 Å². The summed E-state index contributed by atoms with van der Waals surface area (Å²) in [4.78, 5) is 12.3. The second-order valence-electron chi connectivity index (χ2n) is 7.06. The Hall–Kier alpha value is -1.51. The van der Waals surface area contributed by atoms with E-state index in [1.807, 2.05) is 13.0 Å². The maximum absolute atomic E-state index is 12.3. The van der Waals surface area contributed by atoms with Gasteiger partial charge in [-0.15, -0.1) is 0 Å². The van der Waals surface area contributed by atoms with Crippen molar-refractivity contribution in [1.82, 2.24) is 5.32 Å². The molecule has 0 bridgehead atoms. The van der Waals surface area contributed by atoms with Crippen LogP contribution in [-0.4, -0.2) is 18.6 Å². The Morgan fingerprint density at radius 2 is 1.96 bits per heavy atom. The average Bonchev–Trinajstić information content (AvgIpc) is 2.61. The van der Waals surface area contributed by atoms with Gasteiger partial charge in [0.2, 0.25) is 0 Å². The van der Waals surface area contributed by atoms with Gasteiger partial charge in [-0.25, -0.2) is 0 Å². The second kappa shape index (κ2) is 9.71. The van der Waals surface area contributed by atoms with Crippen LogP contribution in [0.15, 0.2) is 18.2 Å². The number of nitrogens with one attached hydrogen (secondary N) is 1. The molecule has 3 heteroatoms. The monoisotopic (exact) mass is 331 g/mol. The molecule has 2 atom stereocenters. The second-order valence-corrected chi connectivity index (χ2v) is 7.06. The summed E-state index contributed by atoms with van der Waals surface area (Å²) in [6, 6.07) is 6.28. The minimum Gasteiger partial charge on any atom is -0.481 e. The molecule has 1 N–H and O–H groups in total. The molecule has 134 valence electrons. The van der Waals surface area contributed by atoms with Gasteiger partial charge in [-0.1, -0.05) is 39.2 Å².